The van der Waals surface area contributed by atoms with Crippen molar-refractivity contribution in [3.05, 3.63) is 0 Å². The third kappa shape index (κ3) is 3.29. The van der Waals surface area contributed by atoms with Crippen LogP contribution >= 0.6 is 0 Å². The number of nitrogens with zero attached hydrogens (tertiary/aromatic N) is 1. The highest BCUT2D eigenvalue weighted by atomic mass is 16.5. The molecule has 8 unspecified atom stereocenters. The van der Waals surface area contributed by atoms with Crippen LogP contribution in [-0.4, -0.2) is 36.4 Å². The summed E-state index contributed by atoms with van der Waals surface area (Å²) in [5.74, 6) is 3.37. The van der Waals surface area contributed by atoms with E-state index in [0.717, 1.165) is 30.1 Å². The van der Waals surface area contributed by atoms with E-state index in [1.54, 1.807) is 0 Å². The molecule has 0 aliphatic heterocycles. The molecule has 8 atom stereocenters. The lowest BCUT2D eigenvalue weighted by Gasteiger charge is -2.60. The number of ether oxygens (including phenoxy) is 1. The first-order valence-corrected chi connectivity index (χ1v) is 11.2. The van der Waals surface area contributed by atoms with E-state index in [0.29, 0.717) is 24.7 Å². The molecule has 5 heteroatoms. The van der Waals surface area contributed by atoms with Crippen LogP contribution in [0.4, 0.5) is 0 Å². The van der Waals surface area contributed by atoms with Crippen molar-refractivity contribution in [2.24, 2.45) is 51.0 Å². The summed E-state index contributed by atoms with van der Waals surface area (Å²) in [6.45, 7) is 6.14. The van der Waals surface area contributed by atoms with E-state index in [2.05, 4.69) is 18.8 Å². The van der Waals surface area contributed by atoms with Crippen molar-refractivity contribution in [3.8, 4) is 0 Å². The Balaban J connectivity index is 1.40. The first-order chi connectivity index (χ1) is 12.8. The lowest BCUT2D eigenvalue weighted by molar-refractivity contribution is -0.140. The number of fused-ring (bicyclic) bond motifs is 5. The van der Waals surface area contributed by atoms with Crippen molar-refractivity contribution in [3.63, 3.8) is 0 Å². The minimum Gasteiger partial charge on any atom is -0.393 e. The van der Waals surface area contributed by atoms with Crippen molar-refractivity contribution < 1.29 is 9.84 Å². The van der Waals surface area contributed by atoms with Gasteiger partial charge in [-0.2, -0.15) is 0 Å². The van der Waals surface area contributed by atoms with Gasteiger partial charge in [-0.15, -0.1) is 0 Å². The molecule has 4 aliphatic carbocycles. The Morgan fingerprint density at radius 1 is 1.00 bits per heavy atom. The zero-order valence-corrected chi connectivity index (χ0v) is 17.2. The Morgan fingerprint density at radius 3 is 2.52 bits per heavy atom. The third-order valence-electron chi connectivity index (χ3n) is 9.31. The first kappa shape index (κ1) is 19.5. The normalized spacial score (nSPS) is 49.0. The molecule has 4 fully saturated rings. The Kier molecular flexibility index (Phi) is 5.21. The largest absolute Gasteiger partial charge is 0.393 e. The highest BCUT2D eigenvalue weighted by molar-refractivity contribution is 5.75. The van der Waals surface area contributed by atoms with Gasteiger partial charge in [-0.25, -0.2) is 0 Å². The van der Waals surface area contributed by atoms with E-state index in [9.17, 15) is 5.11 Å². The minimum absolute atomic E-state index is 0.0664. The minimum atomic E-state index is -0.0664. The fourth-order valence-electron chi connectivity index (χ4n) is 7.74. The predicted octanol–water partition coefficient (Wildman–Crippen LogP) is 3.05. The summed E-state index contributed by atoms with van der Waals surface area (Å²) >= 11 is 0. The number of hydrogen-bond donors (Lipinski definition) is 3. The summed E-state index contributed by atoms with van der Waals surface area (Å²) in [5, 5.41) is 10.6. The van der Waals surface area contributed by atoms with E-state index >= 15 is 0 Å². The Morgan fingerprint density at radius 2 is 1.74 bits per heavy atom. The van der Waals surface area contributed by atoms with Crippen molar-refractivity contribution >= 4 is 5.96 Å². The summed E-state index contributed by atoms with van der Waals surface area (Å²) in [5.41, 5.74) is 11.4. The zero-order valence-electron chi connectivity index (χ0n) is 17.2. The van der Waals surface area contributed by atoms with Crippen LogP contribution in [0.5, 0.6) is 0 Å². The average molecular weight is 378 g/mol. The van der Waals surface area contributed by atoms with Gasteiger partial charge in [0.25, 0.3) is 0 Å². The van der Waals surface area contributed by atoms with E-state index in [1.807, 2.05) is 0 Å². The maximum Gasteiger partial charge on any atom is 0.185 e. The molecule has 0 aromatic rings. The van der Waals surface area contributed by atoms with Crippen LogP contribution in [0.3, 0.4) is 0 Å². The number of rotatable bonds is 4. The highest BCUT2D eigenvalue weighted by Gasteiger charge is 2.60. The molecule has 4 saturated carbocycles. The molecule has 154 valence electrons. The van der Waals surface area contributed by atoms with Gasteiger partial charge in [-0.3, -0.25) is 4.99 Å². The molecule has 0 aromatic carbocycles. The van der Waals surface area contributed by atoms with Crippen LogP contribution in [0.15, 0.2) is 4.99 Å². The van der Waals surface area contributed by atoms with Crippen LogP contribution < -0.4 is 11.5 Å². The first-order valence-electron chi connectivity index (χ1n) is 11.2. The topological polar surface area (TPSA) is 93.9 Å². The number of aliphatic hydroxyl groups excluding tert-OH is 1. The molecular weight excluding hydrogens is 338 g/mol. The SMILES string of the molecule is CC12CCC3C(CCC4CC(OCCN=C(N)N)CCC43C)C1CCC2O. The predicted molar refractivity (Wildman–Crippen MR) is 108 cm³/mol. The van der Waals surface area contributed by atoms with E-state index in [4.69, 9.17) is 16.2 Å². The average Bonchev–Trinajstić information content (AvgIpc) is 2.94. The fraction of sp³-hybridized carbons (Fsp3) is 0.955. The van der Waals surface area contributed by atoms with Gasteiger partial charge in [0.15, 0.2) is 5.96 Å². The Bertz CT molecular complexity index is 578. The number of nitrogens with two attached hydrogens (primary N) is 2. The number of aliphatic hydroxyl groups is 1. The molecule has 27 heavy (non-hydrogen) atoms. The molecule has 0 amide bonds. The number of guanidine groups is 1. The van der Waals surface area contributed by atoms with Gasteiger partial charge in [-0.05, 0) is 92.3 Å². The van der Waals surface area contributed by atoms with E-state index in [-0.39, 0.29) is 17.5 Å². The number of hydrogen-bond acceptors (Lipinski definition) is 3. The van der Waals surface area contributed by atoms with E-state index < -0.39 is 0 Å². The summed E-state index contributed by atoms with van der Waals surface area (Å²) in [6, 6.07) is 0. The molecule has 5 N–H and O–H groups in total. The molecule has 0 spiro atoms. The summed E-state index contributed by atoms with van der Waals surface area (Å²) in [6.07, 6.45) is 11.5. The molecule has 0 bridgehead atoms. The standard InChI is InChI=1S/C22H39N3O2/c1-21-9-7-15(27-12-11-25-20(23)24)13-14(21)3-4-16-17-5-6-19(26)22(17,2)10-8-18(16)21/h14-19,26H,3-13H2,1-2H3,(H4,23,24,25). The van der Waals surface area contributed by atoms with E-state index in [1.165, 1.54) is 51.4 Å². The molecule has 4 rings (SSSR count). The molecular formula is C22H39N3O2. The maximum absolute atomic E-state index is 10.6. The zero-order chi connectivity index (χ0) is 19.2. The molecule has 5 nitrogen and oxygen atoms in total. The van der Waals surface area contributed by atoms with Gasteiger partial charge < -0.3 is 21.3 Å². The van der Waals surface area contributed by atoms with Gasteiger partial charge in [-0.1, -0.05) is 13.8 Å². The lowest BCUT2D eigenvalue weighted by Crippen LogP contribution is -2.54. The molecule has 0 heterocycles. The molecule has 0 aromatic heterocycles. The van der Waals surface area contributed by atoms with Crippen LogP contribution in [-0.2, 0) is 4.74 Å². The van der Waals surface area contributed by atoms with Gasteiger partial charge in [0.1, 0.15) is 0 Å². The monoisotopic (exact) mass is 377 g/mol. The van der Waals surface area contributed by atoms with Crippen molar-refractivity contribution in [1.82, 2.24) is 0 Å². The van der Waals surface area contributed by atoms with Crippen molar-refractivity contribution in [2.45, 2.75) is 83.8 Å². The Labute approximate surface area is 164 Å². The van der Waals surface area contributed by atoms with Crippen molar-refractivity contribution in [2.75, 3.05) is 13.2 Å². The molecule has 0 radical (unpaired) electrons. The summed E-state index contributed by atoms with van der Waals surface area (Å²) in [7, 11) is 0. The summed E-state index contributed by atoms with van der Waals surface area (Å²) < 4.78 is 6.11. The van der Waals surface area contributed by atoms with Crippen LogP contribution in [0.25, 0.3) is 0 Å². The maximum atomic E-state index is 10.6. The molecule has 4 aliphatic rings. The van der Waals surface area contributed by atoms with Crippen LogP contribution in [0.1, 0.15) is 71.6 Å². The lowest BCUT2D eigenvalue weighted by atomic mass is 9.45. The second-order valence-electron chi connectivity index (χ2n) is 10.4. The van der Waals surface area contributed by atoms with Gasteiger partial charge in [0, 0.05) is 0 Å². The van der Waals surface area contributed by atoms with Gasteiger partial charge in [0.2, 0.25) is 0 Å². The highest BCUT2D eigenvalue weighted by Crippen LogP contribution is 2.66. The van der Waals surface area contributed by atoms with Crippen molar-refractivity contribution in [1.29, 1.82) is 0 Å². The second-order valence-corrected chi connectivity index (χ2v) is 10.4. The van der Waals surface area contributed by atoms with Crippen LogP contribution in [0, 0.1) is 34.5 Å². The molecule has 0 saturated heterocycles. The number of aliphatic imine (C=N–C) groups is 1. The fourth-order valence-corrected chi connectivity index (χ4v) is 7.74. The van der Waals surface area contributed by atoms with Crippen LogP contribution in [0.2, 0.25) is 0 Å². The second kappa shape index (κ2) is 7.22. The smallest absolute Gasteiger partial charge is 0.185 e. The van der Waals surface area contributed by atoms with Gasteiger partial charge in [0.05, 0.1) is 25.4 Å². The Hall–Kier alpha value is -0.810. The summed E-state index contributed by atoms with van der Waals surface area (Å²) in [4.78, 5) is 4.03. The van der Waals surface area contributed by atoms with Gasteiger partial charge >= 0.3 is 0 Å². The third-order valence-corrected chi connectivity index (χ3v) is 9.31. The quantitative estimate of drug-likeness (QED) is 0.399.